The van der Waals surface area contributed by atoms with Gasteiger partial charge in [-0.05, 0) is 36.8 Å². The lowest BCUT2D eigenvalue weighted by molar-refractivity contribution is 0.399. The topological polar surface area (TPSA) is 57.9 Å². The molecule has 0 aliphatic carbocycles. The van der Waals surface area contributed by atoms with Gasteiger partial charge >= 0.3 is 5.63 Å². The fourth-order valence-corrected chi connectivity index (χ4v) is 2.81. The van der Waals surface area contributed by atoms with E-state index in [0.717, 1.165) is 10.9 Å². The minimum absolute atomic E-state index is 0.311. The van der Waals surface area contributed by atoms with Crippen LogP contribution in [0.4, 0.5) is 0 Å². The highest BCUT2D eigenvalue weighted by atomic mass is 16.5. The Hall–Kier alpha value is -2.95. The van der Waals surface area contributed by atoms with Crippen LogP contribution in [0.5, 0.6) is 17.2 Å². The van der Waals surface area contributed by atoms with Gasteiger partial charge in [0.05, 0.1) is 26.7 Å². The summed E-state index contributed by atoms with van der Waals surface area (Å²) >= 11 is 0. The fourth-order valence-electron chi connectivity index (χ4n) is 2.81. The Kier molecular flexibility index (Phi) is 4.16. The SMILES string of the molecule is COc1cc(-c2c(OC)c3ccccc3oc2=O)c(OC)cc1C. The maximum atomic E-state index is 12.6. The van der Waals surface area contributed by atoms with Crippen molar-refractivity contribution in [1.82, 2.24) is 0 Å². The van der Waals surface area contributed by atoms with Gasteiger partial charge in [0.15, 0.2) is 0 Å². The van der Waals surface area contributed by atoms with E-state index < -0.39 is 5.63 Å². The molecule has 0 saturated heterocycles. The van der Waals surface area contributed by atoms with E-state index in [1.807, 2.05) is 25.1 Å². The van der Waals surface area contributed by atoms with Gasteiger partial charge in [0, 0.05) is 5.56 Å². The van der Waals surface area contributed by atoms with E-state index in [2.05, 4.69) is 0 Å². The summed E-state index contributed by atoms with van der Waals surface area (Å²) in [6.07, 6.45) is 0. The van der Waals surface area contributed by atoms with Crippen molar-refractivity contribution in [3.05, 3.63) is 52.4 Å². The minimum atomic E-state index is -0.491. The third-order valence-electron chi connectivity index (χ3n) is 3.96. The molecule has 5 heteroatoms. The normalized spacial score (nSPS) is 10.7. The predicted molar refractivity (Wildman–Crippen MR) is 92.3 cm³/mol. The van der Waals surface area contributed by atoms with Gasteiger partial charge in [-0.3, -0.25) is 0 Å². The summed E-state index contributed by atoms with van der Waals surface area (Å²) < 4.78 is 21.8. The number of para-hydroxylation sites is 1. The first-order valence-corrected chi connectivity index (χ1v) is 7.43. The van der Waals surface area contributed by atoms with Gasteiger partial charge in [-0.2, -0.15) is 0 Å². The zero-order valence-electron chi connectivity index (χ0n) is 14.0. The van der Waals surface area contributed by atoms with Crippen LogP contribution < -0.4 is 19.8 Å². The molecule has 0 radical (unpaired) electrons. The highest BCUT2D eigenvalue weighted by Gasteiger charge is 2.21. The number of fused-ring (bicyclic) bond motifs is 1. The minimum Gasteiger partial charge on any atom is -0.496 e. The molecule has 0 N–H and O–H groups in total. The van der Waals surface area contributed by atoms with E-state index in [0.29, 0.717) is 34.0 Å². The van der Waals surface area contributed by atoms with Crippen LogP contribution in [-0.2, 0) is 0 Å². The summed E-state index contributed by atoms with van der Waals surface area (Å²) in [6, 6.07) is 10.8. The van der Waals surface area contributed by atoms with Crippen molar-refractivity contribution < 1.29 is 18.6 Å². The van der Waals surface area contributed by atoms with Crippen LogP contribution in [0, 0.1) is 6.92 Å². The van der Waals surface area contributed by atoms with Crippen LogP contribution in [0.2, 0.25) is 0 Å². The van der Waals surface area contributed by atoms with Gasteiger partial charge in [-0.15, -0.1) is 0 Å². The Balaban J connectivity index is 2.42. The molecule has 0 unspecified atom stereocenters. The molecule has 0 saturated carbocycles. The molecule has 0 spiro atoms. The van der Waals surface area contributed by atoms with E-state index in [1.165, 1.54) is 7.11 Å². The Morgan fingerprint density at radius 1 is 0.917 bits per heavy atom. The monoisotopic (exact) mass is 326 g/mol. The molecular formula is C19H18O5. The van der Waals surface area contributed by atoms with E-state index in [-0.39, 0.29) is 0 Å². The molecule has 0 atom stereocenters. The highest BCUT2D eigenvalue weighted by molar-refractivity contribution is 5.92. The van der Waals surface area contributed by atoms with Crippen molar-refractivity contribution in [2.24, 2.45) is 0 Å². The van der Waals surface area contributed by atoms with Gasteiger partial charge in [0.1, 0.15) is 28.4 Å². The van der Waals surface area contributed by atoms with Gasteiger partial charge in [-0.1, -0.05) is 12.1 Å². The van der Waals surface area contributed by atoms with Crippen LogP contribution in [0.15, 0.2) is 45.6 Å². The third-order valence-corrected chi connectivity index (χ3v) is 3.96. The molecule has 124 valence electrons. The molecule has 1 aromatic heterocycles. The first-order chi connectivity index (χ1) is 11.6. The first-order valence-electron chi connectivity index (χ1n) is 7.43. The number of rotatable bonds is 4. The van der Waals surface area contributed by atoms with E-state index >= 15 is 0 Å². The second kappa shape index (κ2) is 6.28. The van der Waals surface area contributed by atoms with Crippen molar-refractivity contribution in [3.8, 4) is 28.4 Å². The van der Waals surface area contributed by atoms with Crippen LogP contribution >= 0.6 is 0 Å². The molecule has 0 bridgehead atoms. The van der Waals surface area contributed by atoms with Crippen molar-refractivity contribution in [1.29, 1.82) is 0 Å². The lowest BCUT2D eigenvalue weighted by Gasteiger charge is -2.15. The summed E-state index contributed by atoms with van der Waals surface area (Å²) in [5.41, 5.74) is 1.76. The molecule has 1 heterocycles. The number of hydrogen-bond donors (Lipinski definition) is 0. The average Bonchev–Trinajstić information content (AvgIpc) is 2.60. The number of ether oxygens (including phenoxy) is 3. The van der Waals surface area contributed by atoms with Crippen LogP contribution in [0.1, 0.15) is 5.56 Å². The molecular weight excluding hydrogens is 308 g/mol. The molecule has 0 aliphatic rings. The average molecular weight is 326 g/mol. The number of benzene rings is 2. The highest BCUT2D eigenvalue weighted by Crippen LogP contribution is 2.41. The summed E-state index contributed by atoms with van der Waals surface area (Å²) in [5.74, 6) is 1.65. The van der Waals surface area contributed by atoms with Crippen molar-refractivity contribution in [2.75, 3.05) is 21.3 Å². The molecule has 2 aromatic carbocycles. The largest absolute Gasteiger partial charge is 0.496 e. The van der Waals surface area contributed by atoms with Crippen molar-refractivity contribution in [3.63, 3.8) is 0 Å². The number of hydrogen-bond acceptors (Lipinski definition) is 5. The molecule has 0 fully saturated rings. The van der Waals surface area contributed by atoms with Gasteiger partial charge in [-0.25, -0.2) is 4.79 Å². The molecule has 3 aromatic rings. The Morgan fingerprint density at radius 2 is 1.62 bits per heavy atom. The first kappa shape index (κ1) is 15.9. The smallest absolute Gasteiger partial charge is 0.348 e. The summed E-state index contributed by atoms with van der Waals surface area (Å²) in [6.45, 7) is 1.91. The Bertz CT molecular complexity index is 956. The molecule has 5 nitrogen and oxygen atoms in total. The van der Waals surface area contributed by atoms with Gasteiger partial charge in [0.2, 0.25) is 0 Å². The summed E-state index contributed by atoms with van der Waals surface area (Å²) in [7, 11) is 4.67. The van der Waals surface area contributed by atoms with Gasteiger partial charge < -0.3 is 18.6 Å². The molecule has 0 amide bonds. The molecule has 24 heavy (non-hydrogen) atoms. The second-order valence-electron chi connectivity index (χ2n) is 5.32. The lowest BCUT2D eigenvalue weighted by atomic mass is 10.0. The second-order valence-corrected chi connectivity index (χ2v) is 5.32. The molecule has 3 rings (SSSR count). The van der Waals surface area contributed by atoms with Gasteiger partial charge in [0.25, 0.3) is 0 Å². The lowest BCUT2D eigenvalue weighted by Crippen LogP contribution is -2.07. The van der Waals surface area contributed by atoms with Crippen molar-refractivity contribution >= 4 is 11.0 Å². The maximum Gasteiger partial charge on any atom is 0.348 e. The van der Waals surface area contributed by atoms with Crippen LogP contribution in [-0.4, -0.2) is 21.3 Å². The Morgan fingerprint density at radius 3 is 2.29 bits per heavy atom. The van der Waals surface area contributed by atoms with E-state index in [1.54, 1.807) is 32.4 Å². The zero-order chi connectivity index (χ0) is 17.3. The summed E-state index contributed by atoms with van der Waals surface area (Å²) in [5, 5.41) is 0.719. The Labute approximate surface area is 139 Å². The standard InChI is InChI=1S/C19H18O5/c1-11-9-16(22-3)13(10-15(11)21-2)17-18(23-4)12-7-5-6-8-14(12)24-19(17)20/h5-10H,1-4H3. The maximum absolute atomic E-state index is 12.6. The fraction of sp³-hybridized carbons (Fsp3) is 0.211. The van der Waals surface area contributed by atoms with E-state index in [4.69, 9.17) is 18.6 Å². The zero-order valence-corrected chi connectivity index (χ0v) is 14.0. The van der Waals surface area contributed by atoms with Crippen molar-refractivity contribution in [2.45, 2.75) is 6.92 Å². The van der Waals surface area contributed by atoms with Crippen LogP contribution in [0.3, 0.4) is 0 Å². The third kappa shape index (κ3) is 2.48. The van der Waals surface area contributed by atoms with E-state index in [9.17, 15) is 4.79 Å². The molecule has 0 aliphatic heterocycles. The summed E-state index contributed by atoms with van der Waals surface area (Å²) in [4.78, 5) is 12.6. The number of aryl methyl sites for hydroxylation is 1. The quantitative estimate of drug-likeness (QED) is 0.683. The number of methoxy groups -OCH3 is 3. The predicted octanol–water partition coefficient (Wildman–Crippen LogP) is 3.79. The van der Waals surface area contributed by atoms with Crippen LogP contribution in [0.25, 0.3) is 22.1 Å².